The van der Waals surface area contributed by atoms with Gasteiger partial charge in [0.2, 0.25) is 0 Å². The maximum absolute atomic E-state index is 11.0. The molecule has 3 rings (SSSR count). The summed E-state index contributed by atoms with van der Waals surface area (Å²) in [5.74, 6) is -0.930. The second-order valence-corrected chi connectivity index (χ2v) is 5.60. The van der Waals surface area contributed by atoms with Gasteiger partial charge >= 0.3 is 5.97 Å². The Balaban J connectivity index is 1.89. The molecular formula is C13H12N2O2S. The third kappa shape index (κ3) is 1.95. The van der Waals surface area contributed by atoms with Crippen LogP contribution in [0.2, 0.25) is 0 Å². The topological polar surface area (TPSA) is 63.1 Å². The van der Waals surface area contributed by atoms with Crippen LogP contribution in [-0.4, -0.2) is 26.3 Å². The predicted octanol–water partition coefficient (Wildman–Crippen LogP) is 2.59. The highest BCUT2D eigenvalue weighted by Gasteiger charge is 2.37. The van der Waals surface area contributed by atoms with E-state index in [1.807, 2.05) is 24.3 Å². The number of thioether (sulfide) groups is 1. The molecule has 1 N–H and O–H groups in total. The lowest BCUT2D eigenvalue weighted by Crippen LogP contribution is -2.35. The fraction of sp³-hybridized carbons (Fsp3) is 0.308. The number of hydrogen-bond acceptors (Lipinski definition) is 4. The third-order valence-electron chi connectivity index (χ3n) is 3.30. The van der Waals surface area contributed by atoms with Crippen molar-refractivity contribution in [3.8, 4) is 0 Å². The summed E-state index contributed by atoms with van der Waals surface area (Å²) < 4.78 is 0. The summed E-state index contributed by atoms with van der Waals surface area (Å²) >= 11 is 1.56. The molecule has 1 aliphatic carbocycles. The molecule has 0 radical (unpaired) electrons. The lowest BCUT2D eigenvalue weighted by Gasteiger charge is -2.32. The fourth-order valence-electron chi connectivity index (χ4n) is 2.11. The Bertz CT molecular complexity index is 597. The molecule has 0 amide bonds. The van der Waals surface area contributed by atoms with Crippen LogP contribution in [0.1, 0.15) is 12.8 Å². The van der Waals surface area contributed by atoms with E-state index in [0.29, 0.717) is 0 Å². The summed E-state index contributed by atoms with van der Waals surface area (Å²) in [6, 6.07) is 7.81. The number of carbonyl (C=O) groups is 1. The van der Waals surface area contributed by atoms with Crippen molar-refractivity contribution in [3.05, 3.63) is 30.6 Å². The van der Waals surface area contributed by atoms with E-state index in [1.165, 1.54) is 0 Å². The normalized spacial score (nSPS) is 22.7. The maximum Gasteiger partial charge on any atom is 0.307 e. The zero-order valence-corrected chi connectivity index (χ0v) is 10.4. The third-order valence-corrected chi connectivity index (χ3v) is 4.71. The van der Waals surface area contributed by atoms with E-state index in [9.17, 15) is 4.79 Å². The van der Waals surface area contributed by atoms with Crippen LogP contribution in [-0.2, 0) is 4.79 Å². The van der Waals surface area contributed by atoms with E-state index < -0.39 is 5.97 Å². The minimum atomic E-state index is -0.697. The second kappa shape index (κ2) is 4.57. The highest BCUT2D eigenvalue weighted by molar-refractivity contribution is 8.00. The molecule has 0 bridgehead atoms. The molecule has 2 aromatic rings. The number of fused-ring (bicyclic) bond motifs is 1. The van der Waals surface area contributed by atoms with Crippen LogP contribution in [0, 0.1) is 5.92 Å². The zero-order chi connectivity index (χ0) is 12.5. The van der Waals surface area contributed by atoms with Crippen molar-refractivity contribution in [2.45, 2.75) is 23.1 Å². The molecule has 92 valence electrons. The monoisotopic (exact) mass is 260 g/mol. The number of carboxylic acids is 1. The van der Waals surface area contributed by atoms with Crippen molar-refractivity contribution in [2.24, 2.45) is 5.92 Å². The highest BCUT2D eigenvalue weighted by Crippen LogP contribution is 2.42. The summed E-state index contributed by atoms with van der Waals surface area (Å²) in [4.78, 5) is 19.5. The van der Waals surface area contributed by atoms with Crippen molar-refractivity contribution in [3.63, 3.8) is 0 Å². The van der Waals surface area contributed by atoms with Gasteiger partial charge in [-0.15, -0.1) is 11.8 Å². The number of aromatic nitrogens is 2. The summed E-state index contributed by atoms with van der Waals surface area (Å²) in [5, 5.41) is 11.1. The standard InChI is InChI=1S/C13H12N2O2S/c16-13(17)9-5-6-11(9)18-12-8-3-1-2-4-10(8)14-7-15-12/h1-4,7,9,11H,5-6H2,(H,16,17). The molecular weight excluding hydrogens is 248 g/mol. The Morgan fingerprint density at radius 2 is 2.11 bits per heavy atom. The average molecular weight is 260 g/mol. The Labute approximate surface area is 108 Å². The number of benzene rings is 1. The van der Waals surface area contributed by atoms with E-state index in [1.54, 1.807) is 18.1 Å². The highest BCUT2D eigenvalue weighted by atomic mass is 32.2. The summed E-state index contributed by atoms with van der Waals surface area (Å²) in [6.07, 6.45) is 3.26. The van der Waals surface area contributed by atoms with Crippen molar-refractivity contribution < 1.29 is 9.90 Å². The first kappa shape index (κ1) is 11.5. The molecule has 2 unspecified atom stereocenters. The lowest BCUT2D eigenvalue weighted by molar-refractivity contribution is -0.144. The molecule has 18 heavy (non-hydrogen) atoms. The van der Waals surface area contributed by atoms with Gasteiger partial charge in [0, 0.05) is 10.6 Å². The van der Waals surface area contributed by atoms with Crippen molar-refractivity contribution >= 4 is 28.6 Å². The quantitative estimate of drug-likeness (QED) is 0.859. The van der Waals surface area contributed by atoms with Gasteiger partial charge in [-0.1, -0.05) is 18.2 Å². The fourth-order valence-corrected chi connectivity index (χ4v) is 3.48. The molecule has 1 heterocycles. The minimum Gasteiger partial charge on any atom is -0.481 e. The van der Waals surface area contributed by atoms with Gasteiger partial charge in [-0.2, -0.15) is 0 Å². The Hall–Kier alpha value is -1.62. The van der Waals surface area contributed by atoms with Crippen molar-refractivity contribution in [1.29, 1.82) is 0 Å². The van der Waals surface area contributed by atoms with E-state index in [-0.39, 0.29) is 11.2 Å². The van der Waals surface area contributed by atoms with E-state index >= 15 is 0 Å². The Morgan fingerprint density at radius 1 is 1.28 bits per heavy atom. The van der Waals surface area contributed by atoms with E-state index in [4.69, 9.17) is 5.11 Å². The van der Waals surface area contributed by atoms with Crippen LogP contribution in [0.5, 0.6) is 0 Å². The van der Waals surface area contributed by atoms with Crippen LogP contribution in [0.3, 0.4) is 0 Å². The first-order valence-electron chi connectivity index (χ1n) is 5.85. The predicted molar refractivity (Wildman–Crippen MR) is 69.5 cm³/mol. The van der Waals surface area contributed by atoms with Gasteiger partial charge in [0.25, 0.3) is 0 Å². The number of carboxylic acid groups (broad SMARTS) is 1. The second-order valence-electron chi connectivity index (χ2n) is 4.37. The van der Waals surface area contributed by atoms with Gasteiger partial charge < -0.3 is 5.11 Å². The number of para-hydroxylation sites is 1. The smallest absolute Gasteiger partial charge is 0.307 e. The molecule has 1 aliphatic rings. The van der Waals surface area contributed by atoms with Crippen molar-refractivity contribution in [1.82, 2.24) is 9.97 Å². The SMILES string of the molecule is O=C(O)C1CCC1Sc1ncnc2ccccc12. The van der Waals surface area contributed by atoms with Gasteiger partial charge in [0.1, 0.15) is 11.4 Å². The van der Waals surface area contributed by atoms with Gasteiger partial charge in [-0.25, -0.2) is 9.97 Å². The first-order valence-corrected chi connectivity index (χ1v) is 6.73. The Kier molecular flexibility index (Phi) is 2.91. The van der Waals surface area contributed by atoms with Crippen LogP contribution in [0.4, 0.5) is 0 Å². The molecule has 1 aromatic carbocycles. The van der Waals surface area contributed by atoms with Gasteiger partial charge in [-0.05, 0) is 18.9 Å². The van der Waals surface area contributed by atoms with Gasteiger partial charge in [0.15, 0.2) is 0 Å². The summed E-state index contributed by atoms with van der Waals surface area (Å²) in [5.41, 5.74) is 0.904. The molecule has 1 aromatic heterocycles. The minimum absolute atomic E-state index is 0.140. The van der Waals surface area contributed by atoms with Crippen LogP contribution in [0.25, 0.3) is 10.9 Å². The zero-order valence-electron chi connectivity index (χ0n) is 9.61. The molecule has 0 saturated heterocycles. The van der Waals surface area contributed by atoms with Crippen LogP contribution < -0.4 is 0 Å². The van der Waals surface area contributed by atoms with Crippen LogP contribution >= 0.6 is 11.8 Å². The molecule has 1 saturated carbocycles. The largest absolute Gasteiger partial charge is 0.481 e. The summed E-state index contributed by atoms with van der Waals surface area (Å²) in [6.45, 7) is 0. The van der Waals surface area contributed by atoms with E-state index in [0.717, 1.165) is 28.8 Å². The number of aliphatic carboxylic acids is 1. The molecule has 5 heteroatoms. The molecule has 4 nitrogen and oxygen atoms in total. The van der Waals surface area contributed by atoms with E-state index in [2.05, 4.69) is 9.97 Å². The number of hydrogen-bond donors (Lipinski definition) is 1. The van der Waals surface area contributed by atoms with Crippen molar-refractivity contribution in [2.75, 3.05) is 0 Å². The molecule has 0 aliphatic heterocycles. The van der Waals surface area contributed by atoms with Crippen LogP contribution in [0.15, 0.2) is 35.6 Å². The average Bonchev–Trinajstić information content (AvgIpc) is 2.34. The maximum atomic E-state index is 11.0. The number of nitrogens with zero attached hydrogens (tertiary/aromatic N) is 2. The number of rotatable bonds is 3. The molecule has 0 spiro atoms. The van der Waals surface area contributed by atoms with Gasteiger partial charge in [-0.3, -0.25) is 4.79 Å². The molecule has 1 fully saturated rings. The van der Waals surface area contributed by atoms with Gasteiger partial charge in [0.05, 0.1) is 11.4 Å². The molecule has 2 atom stereocenters. The first-order chi connectivity index (χ1) is 8.75. The lowest BCUT2D eigenvalue weighted by atomic mass is 9.85. The Morgan fingerprint density at radius 3 is 2.83 bits per heavy atom. The summed E-state index contributed by atoms with van der Waals surface area (Å²) in [7, 11) is 0.